The summed E-state index contributed by atoms with van der Waals surface area (Å²) < 4.78 is 0. The van der Waals surface area contributed by atoms with Gasteiger partial charge in [0, 0.05) is 31.7 Å². The summed E-state index contributed by atoms with van der Waals surface area (Å²) in [5.74, 6) is -0.624. The molecule has 0 radical (unpaired) electrons. The first kappa shape index (κ1) is 13.4. The summed E-state index contributed by atoms with van der Waals surface area (Å²) in [5.41, 5.74) is 0.108. The maximum atomic E-state index is 11.0. The Balaban J connectivity index is 1.60. The molecule has 2 atom stereocenters. The highest BCUT2D eigenvalue weighted by atomic mass is 16.4. The minimum Gasteiger partial charge on any atom is -0.481 e. The number of piperidine rings is 1. The Hall–Kier alpha value is -0.610. The Labute approximate surface area is 115 Å². The SMILES string of the molecule is CC1CN2CCCCC2CN1CC1(CC(=O)O)CC1. The zero-order valence-electron chi connectivity index (χ0n) is 12.0. The molecule has 0 aromatic rings. The van der Waals surface area contributed by atoms with Crippen molar-refractivity contribution in [1.29, 1.82) is 0 Å². The maximum Gasteiger partial charge on any atom is 0.303 e. The average molecular weight is 266 g/mol. The Morgan fingerprint density at radius 1 is 1.32 bits per heavy atom. The molecular formula is C15H26N2O2. The van der Waals surface area contributed by atoms with Crippen LogP contribution in [0.1, 0.15) is 45.4 Å². The van der Waals surface area contributed by atoms with E-state index in [1.165, 1.54) is 32.4 Å². The van der Waals surface area contributed by atoms with Crippen LogP contribution in [0, 0.1) is 5.41 Å². The Morgan fingerprint density at radius 3 is 2.79 bits per heavy atom. The minimum absolute atomic E-state index is 0.108. The summed E-state index contributed by atoms with van der Waals surface area (Å²) in [6.07, 6.45) is 6.63. The second-order valence-corrected chi connectivity index (χ2v) is 6.99. The van der Waals surface area contributed by atoms with Crippen LogP contribution in [0.3, 0.4) is 0 Å². The molecule has 4 nitrogen and oxygen atoms in total. The zero-order valence-corrected chi connectivity index (χ0v) is 12.0. The molecule has 3 rings (SSSR count). The molecule has 3 aliphatic rings. The van der Waals surface area contributed by atoms with Crippen LogP contribution in [0.4, 0.5) is 0 Å². The summed E-state index contributed by atoms with van der Waals surface area (Å²) in [7, 11) is 0. The van der Waals surface area contributed by atoms with Crippen molar-refractivity contribution in [3.05, 3.63) is 0 Å². The standard InChI is InChI=1S/C15H26N2O2/c1-12-9-16-7-3-2-4-13(16)10-17(12)11-15(5-6-15)8-14(18)19/h12-13H,2-11H2,1H3,(H,18,19). The van der Waals surface area contributed by atoms with Crippen molar-refractivity contribution in [2.75, 3.05) is 26.2 Å². The molecule has 2 aliphatic heterocycles. The van der Waals surface area contributed by atoms with Gasteiger partial charge in [-0.2, -0.15) is 0 Å². The van der Waals surface area contributed by atoms with E-state index in [-0.39, 0.29) is 5.41 Å². The van der Waals surface area contributed by atoms with Gasteiger partial charge in [0.25, 0.3) is 0 Å². The van der Waals surface area contributed by atoms with Crippen LogP contribution < -0.4 is 0 Å². The maximum absolute atomic E-state index is 11.0. The van der Waals surface area contributed by atoms with E-state index in [0.717, 1.165) is 32.0 Å². The lowest BCUT2D eigenvalue weighted by molar-refractivity contribution is -0.138. The second-order valence-electron chi connectivity index (χ2n) is 6.99. The molecule has 0 aromatic carbocycles. The van der Waals surface area contributed by atoms with Crippen molar-refractivity contribution in [2.45, 2.75) is 57.5 Å². The molecule has 4 heteroatoms. The van der Waals surface area contributed by atoms with Gasteiger partial charge in [-0.15, -0.1) is 0 Å². The van der Waals surface area contributed by atoms with Gasteiger partial charge in [0.05, 0.1) is 6.42 Å². The van der Waals surface area contributed by atoms with E-state index < -0.39 is 5.97 Å². The fraction of sp³-hybridized carbons (Fsp3) is 0.933. The predicted octanol–water partition coefficient (Wildman–Crippen LogP) is 1.80. The number of fused-ring (bicyclic) bond motifs is 1. The predicted molar refractivity (Wildman–Crippen MR) is 74.2 cm³/mol. The van der Waals surface area contributed by atoms with Crippen LogP contribution in [-0.2, 0) is 4.79 Å². The van der Waals surface area contributed by atoms with Crippen LogP contribution in [0.15, 0.2) is 0 Å². The molecule has 108 valence electrons. The first-order valence-corrected chi connectivity index (χ1v) is 7.78. The number of rotatable bonds is 4. The third-order valence-electron chi connectivity index (χ3n) is 5.34. The third-order valence-corrected chi connectivity index (χ3v) is 5.34. The molecule has 1 saturated carbocycles. The van der Waals surface area contributed by atoms with Gasteiger partial charge in [0.15, 0.2) is 0 Å². The van der Waals surface area contributed by atoms with E-state index in [4.69, 9.17) is 5.11 Å². The lowest BCUT2D eigenvalue weighted by Crippen LogP contribution is -2.59. The lowest BCUT2D eigenvalue weighted by atomic mass is 9.94. The zero-order chi connectivity index (χ0) is 13.5. The van der Waals surface area contributed by atoms with E-state index in [1.807, 2.05) is 0 Å². The normalized spacial score (nSPS) is 34.8. The van der Waals surface area contributed by atoms with Crippen LogP contribution >= 0.6 is 0 Å². The summed E-state index contributed by atoms with van der Waals surface area (Å²) in [6, 6.07) is 1.31. The number of hydrogen-bond acceptors (Lipinski definition) is 3. The Morgan fingerprint density at radius 2 is 2.11 bits per heavy atom. The van der Waals surface area contributed by atoms with Crippen molar-refractivity contribution in [2.24, 2.45) is 5.41 Å². The molecule has 1 N–H and O–H groups in total. The quantitative estimate of drug-likeness (QED) is 0.842. The number of piperazine rings is 1. The summed E-state index contributed by atoms with van der Waals surface area (Å²) >= 11 is 0. The van der Waals surface area contributed by atoms with Crippen LogP contribution in [-0.4, -0.2) is 59.1 Å². The monoisotopic (exact) mass is 266 g/mol. The largest absolute Gasteiger partial charge is 0.481 e. The number of carboxylic acids is 1. The molecular weight excluding hydrogens is 240 g/mol. The topological polar surface area (TPSA) is 43.8 Å². The lowest BCUT2D eigenvalue weighted by Gasteiger charge is -2.48. The highest BCUT2D eigenvalue weighted by Crippen LogP contribution is 2.50. The molecule has 0 spiro atoms. The number of carboxylic acid groups (broad SMARTS) is 1. The molecule has 0 bridgehead atoms. The van der Waals surface area contributed by atoms with Crippen LogP contribution in [0.25, 0.3) is 0 Å². The smallest absolute Gasteiger partial charge is 0.303 e. The van der Waals surface area contributed by atoms with Gasteiger partial charge in [0.1, 0.15) is 0 Å². The van der Waals surface area contributed by atoms with Gasteiger partial charge < -0.3 is 5.11 Å². The molecule has 19 heavy (non-hydrogen) atoms. The second kappa shape index (κ2) is 5.06. The van der Waals surface area contributed by atoms with Crippen molar-refractivity contribution in [3.63, 3.8) is 0 Å². The summed E-state index contributed by atoms with van der Waals surface area (Å²) in [5, 5.41) is 9.05. The van der Waals surface area contributed by atoms with Gasteiger partial charge in [0.2, 0.25) is 0 Å². The summed E-state index contributed by atoms with van der Waals surface area (Å²) in [4.78, 5) is 16.2. The molecule has 1 aliphatic carbocycles. The van der Waals surface area contributed by atoms with Gasteiger partial charge >= 0.3 is 5.97 Å². The number of aliphatic carboxylic acids is 1. The van der Waals surface area contributed by atoms with E-state index >= 15 is 0 Å². The fourth-order valence-corrected chi connectivity index (χ4v) is 3.95. The van der Waals surface area contributed by atoms with Gasteiger partial charge in [-0.1, -0.05) is 6.42 Å². The van der Waals surface area contributed by atoms with Crippen LogP contribution in [0.5, 0.6) is 0 Å². The fourth-order valence-electron chi connectivity index (χ4n) is 3.95. The Bertz CT molecular complexity index is 354. The molecule has 2 saturated heterocycles. The molecule has 0 amide bonds. The number of carbonyl (C=O) groups is 1. The Kier molecular flexibility index (Phi) is 3.56. The van der Waals surface area contributed by atoms with Gasteiger partial charge in [-0.3, -0.25) is 14.6 Å². The molecule has 3 fully saturated rings. The number of nitrogens with zero attached hydrogens (tertiary/aromatic N) is 2. The first-order valence-electron chi connectivity index (χ1n) is 7.78. The van der Waals surface area contributed by atoms with Crippen molar-refractivity contribution >= 4 is 5.97 Å². The minimum atomic E-state index is -0.624. The highest BCUT2D eigenvalue weighted by molar-refractivity contribution is 5.68. The van der Waals surface area contributed by atoms with E-state index in [1.54, 1.807) is 0 Å². The van der Waals surface area contributed by atoms with E-state index in [0.29, 0.717) is 12.5 Å². The summed E-state index contributed by atoms with van der Waals surface area (Å²) in [6.45, 7) is 6.91. The number of hydrogen-bond donors (Lipinski definition) is 1. The first-order chi connectivity index (χ1) is 9.08. The van der Waals surface area contributed by atoms with Crippen molar-refractivity contribution in [3.8, 4) is 0 Å². The molecule has 2 heterocycles. The molecule has 2 unspecified atom stereocenters. The van der Waals surface area contributed by atoms with E-state index in [2.05, 4.69) is 16.7 Å². The average Bonchev–Trinajstić information content (AvgIpc) is 3.09. The van der Waals surface area contributed by atoms with Crippen molar-refractivity contribution < 1.29 is 9.90 Å². The van der Waals surface area contributed by atoms with Crippen molar-refractivity contribution in [1.82, 2.24) is 9.80 Å². The van der Waals surface area contributed by atoms with Gasteiger partial charge in [-0.25, -0.2) is 0 Å². The third kappa shape index (κ3) is 2.95. The van der Waals surface area contributed by atoms with Crippen LogP contribution in [0.2, 0.25) is 0 Å². The van der Waals surface area contributed by atoms with Gasteiger partial charge in [-0.05, 0) is 44.6 Å². The molecule has 0 aromatic heterocycles. The van der Waals surface area contributed by atoms with E-state index in [9.17, 15) is 4.79 Å². The highest BCUT2D eigenvalue weighted by Gasteiger charge is 2.47.